The molecule has 1 heterocycles. The topological polar surface area (TPSA) is 24.9 Å². The number of benzene rings is 1. The lowest BCUT2D eigenvalue weighted by molar-refractivity contribution is 0.573. The van der Waals surface area contributed by atoms with E-state index in [0.29, 0.717) is 0 Å². The van der Waals surface area contributed by atoms with Crippen LogP contribution in [-0.4, -0.2) is 12.0 Å². The molecule has 2 nitrogen and oxygen atoms in total. The van der Waals surface area contributed by atoms with Crippen molar-refractivity contribution < 1.29 is 0 Å². The molecule has 0 bridgehead atoms. The first-order valence-electron chi connectivity index (χ1n) is 7.18. The lowest BCUT2D eigenvalue weighted by atomic mass is 9.86. The zero-order valence-corrected chi connectivity index (χ0v) is 12.9. The van der Waals surface area contributed by atoms with Crippen LogP contribution in [0.15, 0.2) is 48.7 Å². The van der Waals surface area contributed by atoms with E-state index in [1.807, 2.05) is 25.4 Å². The fourth-order valence-electron chi connectivity index (χ4n) is 2.31. The quantitative estimate of drug-likeness (QED) is 0.910. The van der Waals surface area contributed by atoms with E-state index >= 15 is 0 Å². The maximum absolute atomic E-state index is 4.44. The van der Waals surface area contributed by atoms with Gasteiger partial charge in [0.15, 0.2) is 0 Å². The van der Waals surface area contributed by atoms with Gasteiger partial charge in [-0.25, -0.2) is 0 Å². The summed E-state index contributed by atoms with van der Waals surface area (Å²) in [5.41, 5.74) is 4.01. The molecule has 0 spiro atoms. The van der Waals surface area contributed by atoms with Gasteiger partial charge in [0.05, 0.1) is 11.7 Å². The number of hydrogen-bond donors (Lipinski definition) is 1. The monoisotopic (exact) mass is 268 g/mol. The fourth-order valence-corrected chi connectivity index (χ4v) is 2.31. The van der Waals surface area contributed by atoms with E-state index in [2.05, 4.69) is 61.4 Å². The lowest BCUT2D eigenvalue weighted by Crippen LogP contribution is -2.20. The van der Waals surface area contributed by atoms with Crippen LogP contribution in [0.5, 0.6) is 0 Å². The van der Waals surface area contributed by atoms with E-state index in [9.17, 15) is 0 Å². The molecule has 1 aromatic heterocycles. The minimum atomic E-state index is 0.210. The van der Waals surface area contributed by atoms with E-state index in [4.69, 9.17) is 0 Å². The van der Waals surface area contributed by atoms with Crippen molar-refractivity contribution in [3.05, 3.63) is 65.5 Å². The fraction of sp³-hybridized carbons (Fsp3) is 0.389. The van der Waals surface area contributed by atoms with Gasteiger partial charge >= 0.3 is 0 Å². The molecule has 0 aliphatic carbocycles. The zero-order chi connectivity index (χ0) is 14.6. The third-order valence-corrected chi connectivity index (χ3v) is 3.65. The molecule has 0 aliphatic rings. The van der Waals surface area contributed by atoms with Crippen LogP contribution in [0.25, 0.3) is 0 Å². The van der Waals surface area contributed by atoms with Gasteiger partial charge < -0.3 is 5.32 Å². The summed E-state index contributed by atoms with van der Waals surface area (Å²) in [7, 11) is 1.99. The van der Waals surface area contributed by atoms with Crippen LogP contribution >= 0.6 is 0 Å². The van der Waals surface area contributed by atoms with E-state index in [0.717, 1.165) is 12.1 Å². The second kappa shape index (κ2) is 6.19. The van der Waals surface area contributed by atoms with Gasteiger partial charge in [0.25, 0.3) is 0 Å². The Hall–Kier alpha value is -1.67. The Balaban J connectivity index is 2.13. The molecule has 20 heavy (non-hydrogen) atoms. The summed E-state index contributed by atoms with van der Waals surface area (Å²) in [4.78, 5) is 4.44. The van der Waals surface area contributed by atoms with Gasteiger partial charge in [0.2, 0.25) is 0 Å². The van der Waals surface area contributed by atoms with E-state index in [1.54, 1.807) is 0 Å². The van der Waals surface area contributed by atoms with Crippen LogP contribution in [0.3, 0.4) is 0 Å². The highest BCUT2D eigenvalue weighted by molar-refractivity contribution is 5.28. The highest BCUT2D eigenvalue weighted by atomic mass is 14.9. The van der Waals surface area contributed by atoms with Gasteiger partial charge in [-0.05, 0) is 42.1 Å². The summed E-state index contributed by atoms with van der Waals surface area (Å²) in [5.74, 6) is 0. The average molecular weight is 268 g/mol. The molecule has 2 aromatic rings. The number of pyridine rings is 1. The van der Waals surface area contributed by atoms with Gasteiger partial charge in [-0.1, -0.05) is 51.1 Å². The Labute approximate surface area is 122 Å². The first kappa shape index (κ1) is 14.7. The van der Waals surface area contributed by atoms with E-state index in [1.165, 1.54) is 11.1 Å². The van der Waals surface area contributed by atoms with Gasteiger partial charge in [-0.3, -0.25) is 4.98 Å². The molecular weight excluding hydrogens is 244 g/mol. The SMILES string of the molecule is CNC(Cc1ccc(C(C)(C)C)cc1)c1ccccn1. The third-order valence-electron chi connectivity index (χ3n) is 3.65. The van der Waals surface area contributed by atoms with Crippen LogP contribution in [0, 0.1) is 0 Å². The molecule has 0 saturated heterocycles. The van der Waals surface area contributed by atoms with Crippen LogP contribution in [-0.2, 0) is 11.8 Å². The summed E-state index contributed by atoms with van der Waals surface area (Å²) in [5, 5.41) is 3.35. The summed E-state index contributed by atoms with van der Waals surface area (Å²) in [6.45, 7) is 6.73. The Morgan fingerprint density at radius 3 is 2.25 bits per heavy atom. The molecule has 2 heteroatoms. The van der Waals surface area contributed by atoms with Crippen molar-refractivity contribution in [2.24, 2.45) is 0 Å². The maximum atomic E-state index is 4.44. The van der Waals surface area contributed by atoms with Crippen molar-refractivity contribution in [3.63, 3.8) is 0 Å². The predicted molar refractivity (Wildman–Crippen MR) is 84.9 cm³/mol. The largest absolute Gasteiger partial charge is 0.311 e. The van der Waals surface area contributed by atoms with Crippen molar-refractivity contribution in [1.82, 2.24) is 10.3 Å². The summed E-state index contributed by atoms with van der Waals surface area (Å²) in [6, 6.07) is 15.3. The third kappa shape index (κ3) is 3.67. The molecule has 0 radical (unpaired) electrons. The molecule has 1 aromatic carbocycles. The number of aromatic nitrogens is 1. The Kier molecular flexibility index (Phi) is 4.56. The minimum Gasteiger partial charge on any atom is -0.311 e. The Morgan fingerprint density at radius 1 is 1.05 bits per heavy atom. The lowest BCUT2D eigenvalue weighted by Gasteiger charge is -2.20. The molecule has 0 amide bonds. The summed E-state index contributed by atoms with van der Waals surface area (Å²) in [6.07, 6.45) is 2.81. The molecule has 1 atom stereocenters. The normalized spacial score (nSPS) is 13.2. The Morgan fingerprint density at radius 2 is 1.75 bits per heavy atom. The highest BCUT2D eigenvalue weighted by Gasteiger charge is 2.14. The van der Waals surface area contributed by atoms with Crippen molar-refractivity contribution in [2.45, 2.75) is 38.6 Å². The maximum Gasteiger partial charge on any atom is 0.0576 e. The van der Waals surface area contributed by atoms with Crippen LogP contribution < -0.4 is 5.32 Å². The standard InChI is InChI=1S/C18H24N2/c1-18(2,3)15-10-8-14(9-11-15)13-17(19-4)16-7-5-6-12-20-16/h5-12,17,19H,13H2,1-4H3. The first-order valence-corrected chi connectivity index (χ1v) is 7.18. The minimum absolute atomic E-state index is 0.210. The van der Waals surface area contributed by atoms with Crippen molar-refractivity contribution in [3.8, 4) is 0 Å². The molecular formula is C18H24N2. The van der Waals surface area contributed by atoms with Crippen molar-refractivity contribution in [2.75, 3.05) is 7.05 Å². The molecule has 1 unspecified atom stereocenters. The van der Waals surface area contributed by atoms with Crippen LogP contribution in [0.1, 0.15) is 43.6 Å². The summed E-state index contributed by atoms with van der Waals surface area (Å²) < 4.78 is 0. The Bertz CT molecular complexity index is 524. The molecule has 2 rings (SSSR count). The molecule has 0 saturated carbocycles. The van der Waals surface area contributed by atoms with Crippen molar-refractivity contribution >= 4 is 0 Å². The second-order valence-electron chi connectivity index (χ2n) is 6.25. The number of hydrogen-bond acceptors (Lipinski definition) is 2. The van der Waals surface area contributed by atoms with Gasteiger partial charge in [0, 0.05) is 6.20 Å². The molecule has 0 fully saturated rings. The van der Waals surface area contributed by atoms with Crippen LogP contribution in [0.2, 0.25) is 0 Å². The predicted octanol–water partition coefficient (Wildman–Crippen LogP) is 3.88. The van der Waals surface area contributed by atoms with Gasteiger partial charge in [-0.2, -0.15) is 0 Å². The summed E-state index contributed by atoms with van der Waals surface area (Å²) >= 11 is 0. The molecule has 1 N–H and O–H groups in total. The van der Waals surface area contributed by atoms with Crippen molar-refractivity contribution in [1.29, 1.82) is 0 Å². The average Bonchev–Trinajstić information content (AvgIpc) is 2.45. The highest BCUT2D eigenvalue weighted by Crippen LogP contribution is 2.23. The van der Waals surface area contributed by atoms with Crippen LogP contribution in [0.4, 0.5) is 0 Å². The number of nitrogens with zero attached hydrogens (tertiary/aromatic N) is 1. The second-order valence-corrected chi connectivity index (χ2v) is 6.25. The smallest absolute Gasteiger partial charge is 0.0576 e. The molecule has 0 aliphatic heterocycles. The zero-order valence-electron chi connectivity index (χ0n) is 12.9. The number of nitrogens with one attached hydrogen (secondary N) is 1. The van der Waals surface area contributed by atoms with Gasteiger partial charge in [0.1, 0.15) is 0 Å². The van der Waals surface area contributed by atoms with E-state index in [-0.39, 0.29) is 11.5 Å². The molecule has 106 valence electrons. The number of likely N-dealkylation sites (N-methyl/N-ethyl adjacent to an activating group) is 1. The number of rotatable bonds is 4. The first-order chi connectivity index (χ1) is 9.50. The van der Waals surface area contributed by atoms with E-state index < -0.39 is 0 Å². The van der Waals surface area contributed by atoms with Gasteiger partial charge in [-0.15, -0.1) is 0 Å².